The first-order valence-electron chi connectivity index (χ1n) is 6.18. The van der Waals surface area contributed by atoms with E-state index in [1.165, 1.54) is 6.42 Å². The van der Waals surface area contributed by atoms with Gasteiger partial charge in [0.15, 0.2) is 0 Å². The maximum absolute atomic E-state index is 12.4. The van der Waals surface area contributed by atoms with Crippen LogP contribution in [0.2, 0.25) is 0 Å². The third-order valence-corrected chi connectivity index (χ3v) is 3.85. The van der Waals surface area contributed by atoms with Crippen LogP contribution in [0.4, 0.5) is 0 Å². The number of pyridine rings is 1. The summed E-state index contributed by atoms with van der Waals surface area (Å²) in [5.74, 6) is 0.0998. The summed E-state index contributed by atoms with van der Waals surface area (Å²) in [6, 6.07) is 3.85. The van der Waals surface area contributed by atoms with Crippen molar-refractivity contribution in [3.63, 3.8) is 0 Å². The number of carbonyl (C=O) groups is 1. The summed E-state index contributed by atoms with van der Waals surface area (Å²) in [5, 5.41) is 4.22. The highest BCUT2D eigenvalue weighted by molar-refractivity contribution is 9.10. The predicted octanol–water partition coefficient (Wildman–Crippen LogP) is 2.72. The molecule has 0 unspecified atom stereocenters. The molecule has 1 aliphatic heterocycles. The van der Waals surface area contributed by atoms with E-state index >= 15 is 0 Å². The van der Waals surface area contributed by atoms with Gasteiger partial charge in [-0.3, -0.25) is 4.79 Å². The molecular weight excluding hydrogens is 294 g/mol. The van der Waals surface area contributed by atoms with Gasteiger partial charge in [-0.1, -0.05) is 15.9 Å². The summed E-state index contributed by atoms with van der Waals surface area (Å²) in [5.41, 5.74) is 1.55. The van der Waals surface area contributed by atoms with Gasteiger partial charge in [0.25, 0.3) is 5.91 Å². The van der Waals surface area contributed by atoms with Crippen LogP contribution in [-0.4, -0.2) is 33.5 Å². The number of piperidine rings is 1. The highest BCUT2D eigenvalue weighted by Crippen LogP contribution is 2.19. The first-order valence-corrected chi connectivity index (χ1v) is 6.97. The van der Waals surface area contributed by atoms with Crippen LogP contribution in [0.1, 0.15) is 29.6 Å². The standard InChI is InChI=1S/C13H14BrN3O/c14-10-4-7-17-12(8-10)11(9-15-17)13(18)16-5-2-1-3-6-16/h4,7-9H,1-3,5-6H2. The minimum absolute atomic E-state index is 0.0998. The Kier molecular flexibility index (Phi) is 3.07. The molecule has 0 N–H and O–H groups in total. The summed E-state index contributed by atoms with van der Waals surface area (Å²) >= 11 is 3.43. The second-order valence-corrected chi connectivity index (χ2v) is 5.50. The molecule has 3 rings (SSSR count). The summed E-state index contributed by atoms with van der Waals surface area (Å²) in [6.07, 6.45) is 6.96. The Balaban J connectivity index is 1.98. The van der Waals surface area contributed by atoms with Crippen molar-refractivity contribution >= 4 is 27.4 Å². The molecule has 2 aromatic heterocycles. The number of hydrogen-bond acceptors (Lipinski definition) is 2. The van der Waals surface area contributed by atoms with E-state index in [-0.39, 0.29) is 5.91 Å². The maximum Gasteiger partial charge on any atom is 0.257 e. The van der Waals surface area contributed by atoms with E-state index in [0.717, 1.165) is 35.9 Å². The van der Waals surface area contributed by atoms with Gasteiger partial charge >= 0.3 is 0 Å². The van der Waals surface area contributed by atoms with Crippen LogP contribution in [-0.2, 0) is 0 Å². The third-order valence-electron chi connectivity index (χ3n) is 3.36. The maximum atomic E-state index is 12.4. The molecule has 0 spiro atoms. The molecule has 18 heavy (non-hydrogen) atoms. The van der Waals surface area contributed by atoms with Gasteiger partial charge in [-0.15, -0.1) is 0 Å². The van der Waals surface area contributed by atoms with E-state index in [2.05, 4.69) is 21.0 Å². The van der Waals surface area contributed by atoms with Crippen molar-refractivity contribution in [3.8, 4) is 0 Å². The quantitative estimate of drug-likeness (QED) is 0.812. The fraction of sp³-hybridized carbons (Fsp3) is 0.385. The van der Waals surface area contributed by atoms with Gasteiger partial charge in [-0.25, -0.2) is 4.52 Å². The Morgan fingerprint density at radius 3 is 2.83 bits per heavy atom. The smallest absolute Gasteiger partial charge is 0.257 e. The highest BCUT2D eigenvalue weighted by atomic mass is 79.9. The van der Waals surface area contributed by atoms with E-state index in [4.69, 9.17) is 0 Å². The minimum Gasteiger partial charge on any atom is -0.339 e. The topological polar surface area (TPSA) is 37.6 Å². The third kappa shape index (κ3) is 2.03. The fourth-order valence-corrected chi connectivity index (χ4v) is 2.72. The van der Waals surface area contributed by atoms with Crippen LogP contribution in [0.25, 0.3) is 5.52 Å². The Hall–Kier alpha value is -1.36. The van der Waals surface area contributed by atoms with E-state index in [0.29, 0.717) is 5.56 Å². The largest absolute Gasteiger partial charge is 0.339 e. The van der Waals surface area contributed by atoms with E-state index in [1.807, 2.05) is 23.2 Å². The second kappa shape index (κ2) is 4.72. The molecule has 2 aromatic rings. The average Bonchev–Trinajstić information content (AvgIpc) is 2.82. The van der Waals surface area contributed by atoms with Crippen molar-refractivity contribution in [2.24, 2.45) is 0 Å². The van der Waals surface area contributed by atoms with Gasteiger partial charge in [0.1, 0.15) is 0 Å². The lowest BCUT2D eigenvalue weighted by molar-refractivity contribution is 0.0726. The zero-order valence-electron chi connectivity index (χ0n) is 9.97. The normalized spacial score (nSPS) is 16.2. The number of carbonyl (C=O) groups excluding carboxylic acids is 1. The van der Waals surface area contributed by atoms with Gasteiger partial charge in [-0.2, -0.15) is 5.10 Å². The summed E-state index contributed by atoms with van der Waals surface area (Å²) in [7, 11) is 0. The Morgan fingerprint density at radius 2 is 2.06 bits per heavy atom. The number of halogens is 1. The van der Waals surface area contributed by atoms with Gasteiger partial charge in [-0.05, 0) is 31.4 Å². The van der Waals surface area contributed by atoms with Crippen LogP contribution in [0.5, 0.6) is 0 Å². The molecule has 0 saturated carbocycles. The van der Waals surface area contributed by atoms with Gasteiger partial charge in [0, 0.05) is 23.8 Å². The molecule has 5 heteroatoms. The number of amides is 1. The molecule has 1 fully saturated rings. The van der Waals surface area contributed by atoms with Crippen molar-refractivity contribution < 1.29 is 4.79 Å². The molecule has 1 saturated heterocycles. The first-order chi connectivity index (χ1) is 8.75. The number of hydrogen-bond donors (Lipinski definition) is 0. The lowest BCUT2D eigenvalue weighted by Crippen LogP contribution is -2.35. The first kappa shape index (κ1) is 11.7. The van der Waals surface area contributed by atoms with Crippen molar-refractivity contribution in [2.75, 3.05) is 13.1 Å². The van der Waals surface area contributed by atoms with Crippen molar-refractivity contribution in [1.29, 1.82) is 0 Å². The van der Waals surface area contributed by atoms with Crippen LogP contribution in [0.15, 0.2) is 29.0 Å². The van der Waals surface area contributed by atoms with Crippen LogP contribution >= 0.6 is 15.9 Å². The molecule has 0 atom stereocenters. The van der Waals surface area contributed by atoms with E-state index in [9.17, 15) is 4.79 Å². The summed E-state index contributed by atoms with van der Waals surface area (Å²) in [4.78, 5) is 14.4. The monoisotopic (exact) mass is 307 g/mol. The number of rotatable bonds is 1. The van der Waals surface area contributed by atoms with Crippen molar-refractivity contribution in [3.05, 3.63) is 34.6 Å². The molecule has 1 aliphatic rings. The molecule has 0 aliphatic carbocycles. The Morgan fingerprint density at radius 1 is 1.28 bits per heavy atom. The SMILES string of the molecule is O=C(c1cnn2ccc(Br)cc12)N1CCCCC1. The Labute approximate surface area is 114 Å². The molecule has 4 nitrogen and oxygen atoms in total. The van der Waals surface area contributed by atoms with E-state index < -0.39 is 0 Å². The molecule has 0 aromatic carbocycles. The molecule has 94 valence electrons. The lowest BCUT2D eigenvalue weighted by Gasteiger charge is -2.26. The predicted molar refractivity (Wildman–Crippen MR) is 72.6 cm³/mol. The van der Waals surface area contributed by atoms with Crippen molar-refractivity contribution in [1.82, 2.24) is 14.5 Å². The van der Waals surface area contributed by atoms with Crippen LogP contribution in [0.3, 0.4) is 0 Å². The average molecular weight is 308 g/mol. The number of nitrogens with zero attached hydrogens (tertiary/aromatic N) is 3. The van der Waals surface area contributed by atoms with Gasteiger partial charge < -0.3 is 4.90 Å². The van der Waals surface area contributed by atoms with Crippen molar-refractivity contribution in [2.45, 2.75) is 19.3 Å². The molecule has 0 radical (unpaired) electrons. The summed E-state index contributed by atoms with van der Waals surface area (Å²) in [6.45, 7) is 1.73. The van der Waals surface area contributed by atoms with Gasteiger partial charge in [0.2, 0.25) is 0 Å². The van der Waals surface area contributed by atoms with Crippen LogP contribution in [0, 0.1) is 0 Å². The van der Waals surface area contributed by atoms with Gasteiger partial charge in [0.05, 0.1) is 17.3 Å². The Bertz CT molecular complexity index is 587. The minimum atomic E-state index is 0.0998. The highest BCUT2D eigenvalue weighted by Gasteiger charge is 2.21. The zero-order valence-corrected chi connectivity index (χ0v) is 11.6. The molecule has 0 bridgehead atoms. The zero-order chi connectivity index (χ0) is 12.5. The number of likely N-dealkylation sites (tertiary alicyclic amines) is 1. The molecule has 1 amide bonds. The summed E-state index contributed by atoms with van der Waals surface area (Å²) < 4.78 is 2.70. The number of fused-ring (bicyclic) bond motifs is 1. The molecular formula is C13H14BrN3O. The fourth-order valence-electron chi connectivity index (χ4n) is 2.39. The molecule has 3 heterocycles. The van der Waals surface area contributed by atoms with Crippen LogP contribution < -0.4 is 0 Å². The second-order valence-electron chi connectivity index (χ2n) is 4.59. The lowest BCUT2D eigenvalue weighted by atomic mass is 10.1. The number of aromatic nitrogens is 2. The van der Waals surface area contributed by atoms with E-state index in [1.54, 1.807) is 10.7 Å².